The predicted molar refractivity (Wildman–Crippen MR) is 251 cm³/mol. The van der Waals surface area contributed by atoms with Crippen LogP contribution in [-0.2, 0) is 5.41 Å². The second-order valence-electron chi connectivity index (χ2n) is 16.6. The Balaban J connectivity index is 1.02. The SMILES string of the molecule is CC1(C)c2ccccc2-c2ccc(-c3ccc4c(c3)c3ccc(-c5cccc(-c6nccc(-c7ccccc7)n6)c5)cc3n4-c3ccc4c(ccc5ccccc54)c3)cc21. The van der Waals surface area contributed by atoms with Gasteiger partial charge in [-0.3, -0.25) is 0 Å². The summed E-state index contributed by atoms with van der Waals surface area (Å²) in [4.78, 5) is 9.68. The Morgan fingerprint density at radius 3 is 2.02 bits per heavy atom. The van der Waals surface area contributed by atoms with E-state index < -0.39 is 0 Å². The molecule has 0 bridgehead atoms. The van der Waals surface area contributed by atoms with Gasteiger partial charge in [-0.25, -0.2) is 9.97 Å². The third-order valence-corrected chi connectivity index (χ3v) is 12.8. The van der Waals surface area contributed by atoms with Crippen LogP contribution in [0.2, 0.25) is 0 Å². The summed E-state index contributed by atoms with van der Waals surface area (Å²) in [6.07, 6.45) is 1.85. The topological polar surface area (TPSA) is 30.7 Å². The van der Waals surface area contributed by atoms with E-state index in [1.165, 1.54) is 71.2 Å². The average Bonchev–Trinajstić information content (AvgIpc) is 3.76. The zero-order chi connectivity index (χ0) is 40.0. The van der Waals surface area contributed by atoms with Crippen molar-refractivity contribution in [2.45, 2.75) is 19.3 Å². The fourth-order valence-electron chi connectivity index (χ4n) is 9.79. The smallest absolute Gasteiger partial charge is 0.159 e. The van der Waals surface area contributed by atoms with Crippen molar-refractivity contribution < 1.29 is 0 Å². The molecule has 2 heterocycles. The average molecular weight is 766 g/mol. The molecule has 0 unspecified atom stereocenters. The number of fused-ring (bicyclic) bond motifs is 9. The van der Waals surface area contributed by atoms with Gasteiger partial charge >= 0.3 is 0 Å². The van der Waals surface area contributed by atoms with Crippen LogP contribution in [-0.4, -0.2) is 14.5 Å². The highest BCUT2D eigenvalue weighted by Crippen LogP contribution is 2.50. The molecule has 0 N–H and O–H groups in total. The molecule has 0 aliphatic heterocycles. The van der Waals surface area contributed by atoms with E-state index in [4.69, 9.17) is 9.97 Å². The van der Waals surface area contributed by atoms with Crippen molar-refractivity contribution in [3.63, 3.8) is 0 Å². The standard InChI is InChI=1S/C57H39N3/c1-57(2)51-18-9-8-17-47(51)48-25-21-40(34-52(48)57)39-23-28-54-50(33-39)49-26-22-41(38-14-10-15-43(31-38)56-58-30-29-53(59-56)37-12-4-3-5-13-37)35-55(49)60(54)44-24-27-46-42(32-44)20-19-36-11-6-7-16-45(36)46/h3-35H,1-2H3. The molecule has 11 aromatic rings. The summed E-state index contributed by atoms with van der Waals surface area (Å²) in [5.41, 5.74) is 16.6. The Morgan fingerprint density at radius 2 is 1.08 bits per heavy atom. The Bertz CT molecular complexity index is 3520. The van der Waals surface area contributed by atoms with Gasteiger partial charge in [0.1, 0.15) is 0 Å². The summed E-state index contributed by atoms with van der Waals surface area (Å²) < 4.78 is 2.45. The third kappa shape index (κ3) is 5.36. The molecule has 2 aromatic heterocycles. The molecule has 3 nitrogen and oxygen atoms in total. The molecule has 0 spiro atoms. The van der Waals surface area contributed by atoms with Crippen molar-refractivity contribution >= 4 is 43.4 Å². The molecule has 12 rings (SSSR count). The normalized spacial score (nSPS) is 13.0. The van der Waals surface area contributed by atoms with E-state index in [-0.39, 0.29) is 5.41 Å². The van der Waals surface area contributed by atoms with Crippen LogP contribution < -0.4 is 0 Å². The lowest BCUT2D eigenvalue weighted by atomic mass is 9.81. The van der Waals surface area contributed by atoms with E-state index in [1.807, 2.05) is 30.5 Å². The van der Waals surface area contributed by atoms with Gasteiger partial charge in [0.15, 0.2) is 5.82 Å². The minimum atomic E-state index is -0.0615. The Kier molecular flexibility index (Phi) is 7.58. The molecule has 1 aliphatic carbocycles. The molecule has 9 aromatic carbocycles. The first-order chi connectivity index (χ1) is 29.5. The minimum Gasteiger partial charge on any atom is -0.309 e. The van der Waals surface area contributed by atoms with Gasteiger partial charge in [-0.15, -0.1) is 0 Å². The first-order valence-electron chi connectivity index (χ1n) is 20.7. The van der Waals surface area contributed by atoms with Crippen molar-refractivity contribution in [1.82, 2.24) is 14.5 Å². The first-order valence-corrected chi connectivity index (χ1v) is 20.7. The van der Waals surface area contributed by atoms with Gasteiger partial charge in [0, 0.05) is 39.2 Å². The first kappa shape index (κ1) is 34.4. The van der Waals surface area contributed by atoms with Gasteiger partial charge in [0.2, 0.25) is 0 Å². The van der Waals surface area contributed by atoms with Crippen molar-refractivity contribution in [2.24, 2.45) is 0 Å². The lowest BCUT2D eigenvalue weighted by Crippen LogP contribution is -2.14. The summed E-state index contributed by atoms with van der Waals surface area (Å²) in [5, 5.41) is 7.46. The molecule has 0 saturated heterocycles. The fourth-order valence-corrected chi connectivity index (χ4v) is 9.79. The number of nitrogens with zero attached hydrogens (tertiary/aromatic N) is 3. The highest BCUT2D eigenvalue weighted by molar-refractivity contribution is 6.12. The van der Waals surface area contributed by atoms with Crippen LogP contribution in [0.5, 0.6) is 0 Å². The van der Waals surface area contributed by atoms with Crippen molar-refractivity contribution in [2.75, 3.05) is 0 Å². The third-order valence-electron chi connectivity index (χ3n) is 12.8. The fraction of sp³-hybridized carbons (Fsp3) is 0.0526. The van der Waals surface area contributed by atoms with Crippen LogP contribution in [0.15, 0.2) is 200 Å². The van der Waals surface area contributed by atoms with Crippen LogP contribution in [0.4, 0.5) is 0 Å². The molecular weight excluding hydrogens is 727 g/mol. The Labute approximate surface area is 348 Å². The Hall–Kier alpha value is -7.62. The zero-order valence-corrected chi connectivity index (χ0v) is 33.4. The van der Waals surface area contributed by atoms with Gasteiger partial charge in [-0.1, -0.05) is 159 Å². The minimum absolute atomic E-state index is 0.0615. The summed E-state index contributed by atoms with van der Waals surface area (Å²) >= 11 is 0. The van der Waals surface area contributed by atoms with E-state index in [2.05, 4.69) is 188 Å². The monoisotopic (exact) mass is 765 g/mol. The zero-order valence-electron chi connectivity index (χ0n) is 33.4. The number of aromatic nitrogens is 3. The number of rotatable bonds is 5. The van der Waals surface area contributed by atoms with Gasteiger partial charge < -0.3 is 4.57 Å². The summed E-state index contributed by atoms with van der Waals surface area (Å²) in [7, 11) is 0. The molecule has 0 radical (unpaired) electrons. The lowest BCUT2D eigenvalue weighted by molar-refractivity contribution is 0.660. The maximum absolute atomic E-state index is 4.98. The molecule has 60 heavy (non-hydrogen) atoms. The van der Waals surface area contributed by atoms with Crippen LogP contribution in [0.25, 0.3) is 105 Å². The van der Waals surface area contributed by atoms with E-state index in [1.54, 1.807) is 0 Å². The molecule has 0 saturated carbocycles. The quantitative estimate of drug-likeness (QED) is 0.163. The molecule has 282 valence electrons. The molecule has 1 aliphatic rings. The number of benzene rings is 9. The van der Waals surface area contributed by atoms with Crippen molar-refractivity contribution in [3.8, 4) is 61.7 Å². The largest absolute Gasteiger partial charge is 0.309 e. The molecular formula is C57H39N3. The van der Waals surface area contributed by atoms with Gasteiger partial charge in [-0.05, 0) is 115 Å². The van der Waals surface area contributed by atoms with Gasteiger partial charge in [0.05, 0.1) is 16.7 Å². The number of hydrogen-bond donors (Lipinski definition) is 0. The summed E-state index contributed by atoms with van der Waals surface area (Å²) in [6, 6.07) is 70.8. The summed E-state index contributed by atoms with van der Waals surface area (Å²) in [5.74, 6) is 0.712. The van der Waals surface area contributed by atoms with Gasteiger partial charge in [-0.2, -0.15) is 0 Å². The second kappa shape index (κ2) is 13.2. The number of hydrogen-bond acceptors (Lipinski definition) is 2. The summed E-state index contributed by atoms with van der Waals surface area (Å²) in [6.45, 7) is 4.71. The molecule has 0 fully saturated rings. The van der Waals surface area contributed by atoms with Crippen molar-refractivity contribution in [3.05, 3.63) is 211 Å². The highest BCUT2D eigenvalue weighted by atomic mass is 15.0. The maximum atomic E-state index is 4.98. The highest BCUT2D eigenvalue weighted by Gasteiger charge is 2.35. The van der Waals surface area contributed by atoms with Crippen molar-refractivity contribution in [1.29, 1.82) is 0 Å². The predicted octanol–water partition coefficient (Wildman–Crippen LogP) is 14.9. The van der Waals surface area contributed by atoms with Crippen LogP contribution in [0.1, 0.15) is 25.0 Å². The Morgan fingerprint density at radius 1 is 0.400 bits per heavy atom. The molecule has 0 atom stereocenters. The molecule has 0 amide bonds. The second-order valence-corrected chi connectivity index (χ2v) is 16.6. The van der Waals surface area contributed by atoms with E-state index in [9.17, 15) is 0 Å². The van der Waals surface area contributed by atoms with E-state index in [0.717, 1.165) is 39.2 Å². The van der Waals surface area contributed by atoms with Crippen LogP contribution in [0, 0.1) is 0 Å². The van der Waals surface area contributed by atoms with E-state index >= 15 is 0 Å². The maximum Gasteiger partial charge on any atom is 0.159 e. The van der Waals surface area contributed by atoms with Crippen LogP contribution >= 0.6 is 0 Å². The lowest BCUT2D eigenvalue weighted by Gasteiger charge is -2.22. The van der Waals surface area contributed by atoms with Gasteiger partial charge in [0.25, 0.3) is 0 Å². The molecule has 3 heteroatoms. The van der Waals surface area contributed by atoms with E-state index in [0.29, 0.717) is 5.82 Å². The van der Waals surface area contributed by atoms with Crippen LogP contribution in [0.3, 0.4) is 0 Å².